The highest BCUT2D eigenvalue weighted by Gasteiger charge is 2.30. The van der Waals surface area contributed by atoms with Crippen LogP contribution < -0.4 is 16.0 Å². The third kappa shape index (κ3) is 13.3. The van der Waals surface area contributed by atoms with Crippen LogP contribution >= 0.6 is 11.8 Å². The summed E-state index contributed by atoms with van der Waals surface area (Å²) in [5.74, 6) is -1.91. The van der Waals surface area contributed by atoms with Crippen LogP contribution in [-0.4, -0.2) is 65.4 Å². The summed E-state index contributed by atoms with van der Waals surface area (Å²) in [5, 5.41) is 8.67. The highest BCUT2D eigenvalue weighted by Crippen LogP contribution is 2.40. The van der Waals surface area contributed by atoms with Crippen LogP contribution in [0, 0.1) is 0 Å². The maximum Gasteiger partial charge on any atom is 0.408 e. The number of para-hydroxylation sites is 1. The van der Waals surface area contributed by atoms with E-state index in [-0.39, 0.29) is 25.2 Å². The number of thioether (sulfide) groups is 1. The van der Waals surface area contributed by atoms with Crippen molar-refractivity contribution < 1.29 is 42.6 Å². The fourth-order valence-electron chi connectivity index (χ4n) is 4.98. The average Bonchev–Trinajstić information content (AvgIpc) is 3.47. The number of hydrogen-bond donors (Lipinski definition) is 3. The van der Waals surface area contributed by atoms with Gasteiger partial charge in [-0.1, -0.05) is 72.8 Å². The van der Waals surface area contributed by atoms with Crippen LogP contribution in [-0.2, 0) is 40.0 Å². The number of hydrogen-bond acceptors (Lipinski definition) is 10. The molecule has 3 aromatic carbocycles. The summed E-state index contributed by atoms with van der Waals surface area (Å²) in [6, 6.07) is 23.8. The molecular formula is C40H47N3O9S. The van der Waals surface area contributed by atoms with Crippen molar-refractivity contribution in [2.45, 2.75) is 89.2 Å². The molecule has 0 bridgehead atoms. The minimum absolute atomic E-state index is 0.0392. The van der Waals surface area contributed by atoms with E-state index in [1.54, 1.807) is 41.5 Å². The first-order chi connectivity index (χ1) is 25.1. The quantitative estimate of drug-likeness (QED) is 0.0691. The minimum Gasteiger partial charge on any atom is -0.460 e. The topological polar surface area (TPSA) is 162 Å². The van der Waals surface area contributed by atoms with Crippen LogP contribution in [0.5, 0.6) is 0 Å². The van der Waals surface area contributed by atoms with Crippen LogP contribution in [0.1, 0.15) is 59.9 Å². The molecule has 0 aliphatic rings. The molecule has 4 rings (SSSR count). The van der Waals surface area contributed by atoms with E-state index in [0.29, 0.717) is 11.3 Å². The summed E-state index contributed by atoms with van der Waals surface area (Å²) in [7, 11) is 0. The van der Waals surface area contributed by atoms with Gasteiger partial charge in [-0.25, -0.2) is 9.59 Å². The number of esters is 2. The fourth-order valence-corrected chi connectivity index (χ4v) is 6.16. The van der Waals surface area contributed by atoms with Gasteiger partial charge in [0.2, 0.25) is 11.8 Å². The standard InChI is InChI=1S/C40H47N3O9S/c1-39(2,3)51-37(47)29(43-38(48)52-40(4,5)6)21-22-32(44)42-30(36(46)41-23-33(45)49-24-26-15-9-7-10-16-26)25-53-35-28-19-13-14-20-31(28)50-34(35)27-17-11-8-12-18-27/h7-20,29-30H,21-25H2,1-6H3,(H,41,46)(H,42,44)(H,43,48)/t29-,30-/m0/s1. The minimum atomic E-state index is -1.21. The molecule has 3 amide bonds. The first-order valence-electron chi connectivity index (χ1n) is 17.3. The molecule has 13 heteroatoms. The Morgan fingerprint density at radius 1 is 0.755 bits per heavy atom. The van der Waals surface area contributed by atoms with Gasteiger partial charge in [-0.2, -0.15) is 0 Å². The van der Waals surface area contributed by atoms with Gasteiger partial charge in [-0.15, -0.1) is 11.8 Å². The molecule has 0 saturated heterocycles. The Morgan fingerprint density at radius 2 is 1.38 bits per heavy atom. The van der Waals surface area contributed by atoms with Crippen LogP contribution in [0.25, 0.3) is 22.3 Å². The molecule has 1 heterocycles. The van der Waals surface area contributed by atoms with Gasteiger partial charge in [0.05, 0.1) is 4.90 Å². The smallest absolute Gasteiger partial charge is 0.408 e. The zero-order chi connectivity index (χ0) is 38.6. The number of carbonyl (C=O) groups excluding carboxylic acids is 5. The summed E-state index contributed by atoms with van der Waals surface area (Å²) < 4.78 is 22.3. The zero-order valence-corrected chi connectivity index (χ0v) is 31.7. The molecule has 1 aromatic heterocycles. The second-order valence-corrected chi connectivity index (χ2v) is 15.2. The summed E-state index contributed by atoms with van der Waals surface area (Å²) in [6.45, 7) is 9.73. The highest BCUT2D eigenvalue weighted by molar-refractivity contribution is 7.99. The Morgan fingerprint density at radius 3 is 2.04 bits per heavy atom. The van der Waals surface area contributed by atoms with E-state index in [2.05, 4.69) is 16.0 Å². The predicted octanol–water partition coefficient (Wildman–Crippen LogP) is 6.55. The molecule has 0 aliphatic carbocycles. The Bertz CT molecular complexity index is 1870. The summed E-state index contributed by atoms with van der Waals surface area (Å²) >= 11 is 1.31. The molecule has 0 radical (unpaired) electrons. The number of nitrogens with one attached hydrogen (secondary N) is 3. The van der Waals surface area contributed by atoms with E-state index < -0.39 is 59.7 Å². The number of carbonyl (C=O) groups is 5. The Labute approximate surface area is 313 Å². The number of amides is 3. The molecule has 53 heavy (non-hydrogen) atoms. The zero-order valence-electron chi connectivity index (χ0n) is 30.9. The molecule has 0 fully saturated rings. The summed E-state index contributed by atoms with van der Waals surface area (Å²) in [4.78, 5) is 66.0. The lowest BCUT2D eigenvalue weighted by Gasteiger charge is -2.26. The SMILES string of the molecule is CC(C)(C)OC(=O)N[C@@H](CCC(=O)N[C@@H](CSc1c(-c2ccccc2)oc2ccccc12)C(=O)NCC(=O)OCc1ccccc1)C(=O)OC(C)(C)C. The van der Waals surface area contributed by atoms with Gasteiger partial charge in [0.25, 0.3) is 0 Å². The average molecular weight is 746 g/mol. The first kappa shape index (κ1) is 40.5. The van der Waals surface area contributed by atoms with Crippen molar-refractivity contribution in [2.75, 3.05) is 12.3 Å². The summed E-state index contributed by atoms with van der Waals surface area (Å²) in [5.41, 5.74) is 0.605. The summed E-state index contributed by atoms with van der Waals surface area (Å²) in [6.07, 6.45) is -1.24. The van der Waals surface area contributed by atoms with Crippen molar-refractivity contribution in [3.63, 3.8) is 0 Å². The Balaban J connectivity index is 1.50. The maximum absolute atomic E-state index is 13.6. The molecule has 0 saturated carbocycles. The van der Waals surface area contributed by atoms with Gasteiger partial charge in [-0.05, 0) is 65.7 Å². The highest BCUT2D eigenvalue weighted by atomic mass is 32.2. The van der Waals surface area contributed by atoms with Crippen LogP contribution in [0.4, 0.5) is 4.79 Å². The van der Waals surface area contributed by atoms with E-state index >= 15 is 0 Å². The van der Waals surface area contributed by atoms with Crippen LogP contribution in [0.3, 0.4) is 0 Å². The predicted molar refractivity (Wildman–Crippen MR) is 202 cm³/mol. The van der Waals surface area contributed by atoms with Gasteiger partial charge in [0.15, 0.2) is 0 Å². The van der Waals surface area contributed by atoms with Crippen LogP contribution in [0.2, 0.25) is 0 Å². The van der Waals surface area contributed by atoms with E-state index in [1.807, 2.05) is 84.9 Å². The normalized spacial score (nSPS) is 12.6. The second-order valence-electron chi connectivity index (χ2n) is 14.2. The number of ether oxygens (including phenoxy) is 3. The lowest BCUT2D eigenvalue weighted by atomic mass is 10.1. The van der Waals surface area contributed by atoms with E-state index in [0.717, 1.165) is 21.4 Å². The van der Waals surface area contributed by atoms with Gasteiger partial charge < -0.3 is 34.6 Å². The van der Waals surface area contributed by atoms with Gasteiger partial charge in [0.1, 0.15) is 47.8 Å². The number of rotatable bonds is 15. The van der Waals surface area contributed by atoms with Gasteiger partial charge in [-0.3, -0.25) is 14.4 Å². The van der Waals surface area contributed by atoms with Crippen molar-refractivity contribution >= 4 is 52.6 Å². The fraction of sp³-hybridized carbons (Fsp3) is 0.375. The Hall–Kier alpha value is -5.30. The molecule has 282 valence electrons. The first-order valence-corrected chi connectivity index (χ1v) is 18.3. The lowest BCUT2D eigenvalue weighted by Crippen LogP contribution is -2.50. The monoisotopic (exact) mass is 745 g/mol. The third-order valence-corrected chi connectivity index (χ3v) is 8.52. The molecule has 0 spiro atoms. The molecule has 4 aromatic rings. The molecule has 2 atom stereocenters. The second kappa shape index (κ2) is 18.5. The Kier molecular flexibility index (Phi) is 14.1. The molecule has 12 nitrogen and oxygen atoms in total. The van der Waals surface area contributed by atoms with Crippen LogP contribution in [0.15, 0.2) is 94.2 Å². The van der Waals surface area contributed by atoms with Crippen molar-refractivity contribution in [3.05, 3.63) is 90.5 Å². The number of fused-ring (bicyclic) bond motifs is 1. The van der Waals surface area contributed by atoms with Gasteiger partial charge in [0, 0.05) is 23.1 Å². The van der Waals surface area contributed by atoms with Crippen molar-refractivity contribution in [3.8, 4) is 11.3 Å². The number of alkyl carbamates (subject to hydrolysis) is 1. The molecule has 3 N–H and O–H groups in total. The largest absolute Gasteiger partial charge is 0.460 e. The molecule has 0 unspecified atom stereocenters. The van der Waals surface area contributed by atoms with Gasteiger partial charge >= 0.3 is 18.0 Å². The van der Waals surface area contributed by atoms with Crippen molar-refractivity contribution in [2.24, 2.45) is 0 Å². The van der Waals surface area contributed by atoms with Crippen molar-refractivity contribution in [1.82, 2.24) is 16.0 Å². The maximum atomic E-state index is 13.6. The third-order valence-electron chi connectivity index (χ3n) is 7.32. The number of benzene rings is 3. The molecule has 0 aliphatic heterocycles. The number of furan rings is 1. The van der Waals surface area contributed by atoms with E-state index in [9.17, 15) is 24.0 Å². The lowest BCUT2D eigenvalue weighted by molar-refractivity contribution is -0.157. The van der Waals surface area contributed by atoms with Crippen molar-refractivity contribution in [1.29, 1.82) is 0 Å². The van der Waals surface area contributed by atoms with E-state index in [1.165, 1.54) is 11.8 Å². The molecular weight excluding hydrogens is 699 g/mol. The van der Waals surface area contributed by atoms with E-state index in [4.69, 9.17) is 18.6 Å².